The molecule has 2 heterocycles. The Labute approximate surface area is 128 Å². The molecule has 0 saturated heterocycles. The number of pyridine rings is 1. The molecule has 0 saturated carbocycles. The van der Waals surface area contributed by atoms with Gasteiger partial charge in [0.25, 0.3) is 0 Å². The smallest absolute Gasteiger partial charge is 0.131 e. The van der Waals surface area contributed by atoms with Gasteiger partial charge in [0.1, 0.15) is 17.4 Å². The fraction of sp³-hybridized carbons (Fsp3) is 0.0588. The summed E-state index contributed by atoms with van der Waals surface area (Å²) in [4.78, 5) is 11.8. The van der Waals surface area contributed by atoms with Gasteiger partial charge in [-0.05, 0) is 35.9 Å². The van der Waals surface area contributed by atoms with Crippen LogP contribution >= 0.6 is 0 Å². The molecule has 2 aromatic heterocycles. The highest BCUT2D eigenvalue weighted by Gasteiger charge is 2.00. The molecule has 0 radical (unpaired) electrons. The predicted octanol–water partition coefficient (Wildman–Crippen LogP) is 3.43. The number of fused-ring (bicyclic) bond motifs is 1. The molecule has 0 spiro atoms. The summed E-state index contributed by atoms with van der Waals surface area (Å²) in [5.74, 6) is 1.82. The first-order valence-corrected chi connectivity index (χ1v) is 6.92. The van der Waals surface area contributed by atoms with Crippen LogP contribution in [-0.4, -0.2) is 27.1 Å². The highest BCUT2D eigenvalue weighted by molar-refractivity contribution is 5.78. The summed E-state index contributed by atoms with van der Waals surface area (Å²) in [6.07, 6.45) is 9.49. The van der Waals surface area contributed by atoms with Gasteiger partial charge >= 0.3 is 0 Å². The molecule has 0 aliphatic carbocycles. The number of nitrogens with one attached hydrogen (secondary N) is 2. The van der Waals surface area contributed by atoms with E-state index in [0.29, 0.717) is 0 Å². The minimum atomic E-state index is 0.226. The second-order valence-electron chi connectivity index (χ2n) is 4.77. The number of phenolic OH excluding ortho intramolecular Hbond substituents is 1. The van der Waals surface area contributed by atoms with Crippen LogP contribution in [0.5, 0.6) is 5.75 Å². The molecule has 0 aliphatic heterocycles. The molecule has 3 aromatic rings. The number of benzene rings is 1. The molecule has 3 N–H and O–H groups in total. The van der Waals surface area contributed by atoms with Crippen LogP contribution in [0.1, 0.15) is 11.4 Å². The molecule has 22 heavy (non-hydrogen) atoms. The minimum Gasteiger partial charge on any atom is -0.508 e. The van der Waals surface area contributed by atoms with Crippen LogP contribution < -0.4 is 5.32 Å². The van der Waals surface area contributed by atoms with Crippen molar-refractivity contribution >= 4 is 29.0 Å². The first-order valence-electron chi connectivity index (χ1n) is 6.92. The van der Waals surface area contributed by atoms with Gasteiger partial charge in [0, 0.05) is 19.3 Å². The topological polar surface area (TPSA) is 73.8 Å². The summed E-state index contributed by atoms with van der Waals surface area (Å²) in [6, 6.07) is 8.98. The molecular formula is C17H16N4O. The molecule has 0 aliphatic rings. The number of rotatable bonds is 4. The normalized spacial score (nSPS) is 11.7. The van der Waals surface area contributed by atoms with Crippen molar-refractivity contribution < 1.29 is 5.11 Å². The van der Waals surface area contributed by atoms with Crippen LogP contribution in [0, 0.1) is 0 Å². The zero-order chi connectivity index (χ0) is 15.4. The maximum Gasteiger partial charge on any atom is 0.131 e. The minimum absolute atomic E-state index is 0.226. The SMILES string of the molecule is CNc1ccc(/C=C/C=C/c2nc3ccc(O)cc3[nH]2)cn1. The zero-order valence-electron chi connectivity index (χ0n) is 12.1. The largest absolute Gasteiger partial charge is 0.508 e. The van der Waals surface area contributed by atoms with Crippen LogP contribution in [0.2, 0.25) is 0 Å². The zero-order valence-corrected chi connectivity index (χ0v) is 12.1. The number of aromatic nitrogens is 3. The Morgan fingerprint density at radius 3 is 2.77 bits per heavy atom. The Kier molecular flexibility index (Phi) is 3.87. The van der Waals surface area contributed by atoms with Gasteiger partial charge in [-0.3, -0.25) is 0 Å². The second kappa shape index (κ2) is 6.13. The lowest BCUT2D eigenvalue weighted by Crippen LogP contribution is -1.90. The monoisotopic (exact) mass is 292 g/mol. The van der Waals surface area contributed by atoms with E-state index in [0.717, 1.165) is 28.2 Å². The van der Waals surface area contributed by atoms with Crippen LogP contribution in [-0.2, 0) is 0 Å². The van der Waals surface area contributed by atoms with E-state index in [9.17, 15) is 5.11 Å². The van der Waals surface area contributed by atoms with E-state index < -0.39 is 0 Å². The average Bonchev–Trinajstić information content (AvgIpc) is 2.94. The van der Waals surface area contributed by atoms with Gasteiger partial charge in [-0.25, -0.2) is 9.97 Å². The molecule has 0 unspecified atom stereocenters. The number of hydrogen-bond acceptors (Lipinski definition) is 4. The highest BCUT2D eigenvalue weighted by Crippen LogP contribution is 2.18. The lowest BCUT2D eigenvalue weighted by Gasteiger charge is -1.97. The standard InChI is InChI=1S/C17H16N4O/c1-18-16-9-6-12(11-19-16)4-2-3-5-17-20-14-8-7-13(22)10-15(14)21-17/h2-11,22H,1H3,(H,18,19)(H,20,21)/b4-2+,5-3+. The van der Waals surface area contributed by atoms with E-state index in [-0.39, 0.29) is 5.75 Å². The van der Waals surface area contributed by atoms with Crippen LogP contribution in [0.4, 0.5) is 5.82 Å². The molecular weight excluding hydrogens is 276 g/mol. The van der Waals surface area contributed by atoms with E-state index in [1.165, 1.54) is 0 Å². The lowest BCUT2D eigenvalue weighted by molar-refractivity contribution is 0.476. The second-order valence-corrected chi connectivity index (χ2v) is 4.77. The number of anilines is 1. The van der Waals surface area contributed by atoms with Crippen molar-refractivity contribution in [1.29, 1.82) is 0 Å². The molecule has 5 heteroatoms. The number of nitrogens with zero attached hydrogens (tertiary/aromatic N) is 2. The van der Waals surface area contributed by atoms with Crippen molar-refractivity contribution in [3.8, 4) is 5.75 Å². The Hall–Kier alpha value is -3.08. The third-order valence-electron chi connectivity index (χ3n) is 3.18. The molecule has 5 nitrogen and oxygen atoms in total. The maximum atomic E-state index is 9.43. The van der Waals surface area contributed by atoms with Gasteiger partial charge < -0.3 is 15.4 Å². The van der Waals surface area contributed by atoms with E-state index in [1.807, 2.05) is 43.5 Å². The van der Waals surface area contributed by atoms with Gasteiger partial charge in [0.2, 0.25) is 0 Å². The van der Waals surface area contributed by atoms with Gasteiger partial charge in [-0.15, -0.1) is 0 Å². The third kappa shape index (κ3) is 3.15. The van der Waals surface area contributed by atoms with Gasteiger partial charge in [-0.2, -0.15) is 0 Å². The molecule has 0 amide bonds. The molecule has 0 fully saturated rings. The van der Waals surface area contributed by atoms with Crippen molar-refractivity contribution in [2.45, 2.75) is 0 Å². The molecule has 0 atom stereocenters. The number of phenols is 1. The number of aromatic amines is 1. The molecule has 0 bridgehead atoms. The van der Waals surface area contributed by atoms with Gasteiger partial charge in [0.15, 0.2) is 0 Å². The van der Waals surface area contributed by atoms with E-state index >= 15 is 0 Å². The Morgan fingerprint density at radius 2 is 2.00 bits per heavy atom. The van der Waals surface area contributed by atoms with Crippen molar-refractivity contribution in [3.63, 3.8) is 0 Å². The van der Waals surface area contributed by atoms with Crippen LogP contribution in [0.15, 0.2) is 48.7 Å². The number of hydrogen-bond donors (Lipinski definition) is 3. The summed E-state index contributed by atoms with van der Waals surface area (Å²) in [5.41, 5.74) is 2.67. The van der Waals surface area contributed by atoms with Crippen molar-refractivity contribution in [3.05, 3.63) is 60.1 Å². The lowest BCUT2D eigenvalue weighted by atomic mass is 10.2. The Bertz CT molecular complexity index is 831. The highest BCUT2D eigenvalue weighted by atomic mass is 16.3. The quantitative estimate of drug-likeness (QED) is 0.644. The molecule has 3 rings (SSSR count). The van der Waals surface area contributed by atoms with Crippen molar-refractivity contribution in [2.75, 3.05) is 12.4 Å². The number of H-pyrrole nitrogens is 1. The van der Waals surface area contributed by atoms with E-state index in [2.05, 4.69) is 20.3 Å². The van der Waals surface area contributed by atoms with Gasteiger partial charge in [0.05, 0.1) is 11.0 Å². The maximum absolute atomic E-state index is 9.43. The number of imidazole rings is 1. The molecule has 110 valence electrons. The van der Waals surface area contributed by atoms with Crippen LogP contribution in [0.3, 0.4) is 0 Å². The predicted molar refractivity (Wildman–Crippen MR) is 89.6 cm³/mol. The summed E-state index contributed by atoms with van der Waals surface area (Å²) in [6.45, 7) is 0. The summed E-state index contributed by atoms with van der Waals surface area (Å²) in [7, 11) is 1.84. The van der Waals surface area contributed by atoms with E-state index in [4.69, 9.17) is 0 Å². The van der Waals surface area contributed by atoms with Gasteiger partial charge in [-0.1, -0.05) is 18.2 Å². The average molecular weight is 292 g/mol. The number of allylic oxidation sites excluding steroid dienone is 2. The van der Waals surface area contributed by atoms with E-state index in [1.54, 1.807) is 24.4 Å². The van der Waals surface area contributed by atoms with Crippen molar-refractivity contribution in [1.82, 2.24) is 15.0 Å². The Balaban J connectivity index is 1.70. The number of aromatic hydroxyl groups is 1. The Morgan fingerprint density at radius 1 is 1.14 bits per heavy atom. The summed E-state index contributed by atoms with van der Waals surface area (Å²) >= 11 is 0. The third-order valence-corrected chi connectivity index (χ3v) is 3.18. The van der Waals surface area contributed by atoms with Crippen molar-refractivity contribution in [2.24, 2.45) is 0 Å². The summed E-state index contributed by atoms with van der Waals surface area (Å²) < 4.78 is 0. The molecule has 1 aromatic carbocycles. The first kappa shape index (κ1) is 13.9. The van der Waals surface area contributed by atoms with Crippen LogP contribution in [0.25, 0.3) is 23.2 Å². The first-order chi connectivity index (χ1) is 10.7. The fourth-order valence-corrected chi connectivity index (χ4v) is 2.06. The summed E-state index contributed by atoms with van der Waals surface area (Å²) in [5, 5.41) is 12.4. The fourth-order valence-electron chi connectivity index (χ4n) is 2.06.